The molecule has 0 bridgehead atoms. The zero-order chi connectivity index (χ0) is 12.9. The summed E-state index contributed by atoms with van der Waals surface area (Å²) in [6.07, 6.45) is -3.21. The fourth-order valence-electron chi connectivity index (χ4n) is 1.96. The summed E-state index contributed by atoms with van der Waals surface area (Å²) in [7, 11) is 0. The Balaban J connectivity index is 2.29. The maximum atomic E-state index is 12.0. The van der Waals surface area contributed by atoms with E-state index in [4.69, 9.17) is 0 Å². The van der Waals surface area contributed by atoms with Gasteiger partial charge in [0, 0.05) is 19.1 Å². The number of nitrogens with zero attached hydrogens (tertiary/aromatic N) is 1. The van der Waals surface area contributed by atoms with Gasteiger partial charge in [0.2, 0.25) is 5.91 Å². The number of piperidine rings is 1. The average molecular weight is 252 g/mol. The van der Waals surface area contributed by atoms with Gasteiger partial charge in [-0.1, -0.05) is 6.92 Å². The van der Waals surface area contributed by atoms with Crippen LogP contribution in [0.4, 0.5) is 13.2 Å². The van der Waals surface area contributed by atoms with Gasteiger partial charge in [-0.2, -0.15) is 13.2 Å². The molecule has 1 amide bonds. The van der Waals surface area contributed by atoms with Gasteiger partial charge in [-0.25, -0.2) is 0 Å². The largest absolute Gasteiger partial charge is 0.397 e. The Morgan fingerprint density at radius 1 is 1.35 bits per heavy atom. The van der Waals surface area contributed by atoms with Gasteiger partial charge in [0.25, 0.3) is 0 Å². The second kappa shape index (κ2) is 6.23. The minimum Gasteiger partial charge on any atom is -0.342 e. The number of likely N-dealkylation sites (tertiary alicyclic amines) is 1. The van der Waals surface area contributed by atoms with Crippen LogP contribution in [0.5, 0.6) is 0 Å². The summed E-state index contributed by atoms with van der Waals surface area (Å²) in [4.78, 5) is 12.6. The van der Waals surface area contributed by atoms with Crippen LogP contribution < -0.4 is 5.32 Å². The SMILES string of the molecule is CCCNC1CCN(C(=O)CC(F)(F)F)CC1. The van der Waals surface area contributed by atoms with Crippen molar-refractivity contribution in [2.45, 2.75) is 44.8 Å². The molecule has 0 unspecified atom stereocenters. The predicted molar refractivity (Wildman–Crippen MR) is 58.6 cm³/mol. The smallest absolute Gasteiger partial charge is 0.342 e. The fourth-order valence-corrected chi connectivity index (χ4v) is 1.96. The molecule has 3 nitrogen and oxygen atoms in total. The second-order valence-corrected chi connectivity index (χ2v) is 4.40. The first-order chi connectivity index (χ1) is 7.92. The quantitative estimate of drug-likeness (QED) is 0.829. The minimum absolute atomic E-state index is 0.338. The van der Waals surface area contributed by atoms with Crippen molar-refractivity contribution in [2.24, 2.45) is 0 Å². The number of hydrogen-bond acceptors (Lipinski definition) is 2. The number of carbonyl (C=O) groups is 1. The molecular weight excluding hydrogens is 233 g/mol. The molecule has 0 saturated carbocycles. The van der Waals surface area contributed by atoms with Gasteiger partial charge in [0.1, 0.15) is 6.42 Å². The normalized spacial score (nSPS) is 18.5. The van der Waals surface area contributed by atoms with E-state index in [0.717, 1.165) is 25.8 Å². The van der Waals surface area contributed by atoms with Crippen LogP contribution in [-0.2, 0) is 4.79 Å². The standard InChI is InChI=1S/C11H19F3N2O/c1-2-5-15-9-3-6-16(7-4-9)10(17)8-11(12,13)14/h9,15H,2-8H2,1H3. The number of hydrogen-bond donors (Lipinski definition) is 1. The first kappa shape index (κ1) is 14.3. The van der Waals surface area contributed by atoms with E-state index in [9.17, 15) is 18.0 Å². The van der Waals surface area contributed by atoms with Crippen LogP contribution in [0.15, 0.2) is 0 Å². The maximum absolute atomic E-state index is 12.0. The van der Waals surface area contributed by atoms with Crippen LogP contribution in [0.25, 0.3) is 0 Å². The van der Waals surface area contributed by atoms with Crippen LogP contribution in [0.2, 0.25) is 0 Å². The molecule has 0 aliphatic carbocycles. The number of rotatable bonds is 4. The molecule has 0 aromatic heterocycles. The molecule has 1 saturated heterocycles. The molecule has 0 atom stereocenters. The van der Waals surface area contributed by atoms with Gasteiger partial charge in [-0.3, -0.25) is 4.79 Å². The molecule has 1 N–H and O–H groups in total. The van der Waals surface area contributed by atoms with E-state index < -0.39 is 18.5 Å². The Hall–Kier alpha value is -0.780. The summed E-state index contributed by atoms with van der Waals surface area (Å²) in [6.45, 7) is 3.84. The lowest BCUT2D eigenvalue weighted by Gasteiger charge is -2.32. The third-order valence-electron chi connectivity index (χ3n) is 2.88. The van der Waals surface area contributed by atoms with Crippen molar-refractivity contribution in [3.8, 4) is 0 Å². The molecule has 1 rings (SSSR count). The summed E-state index contributed by atoms with van der Waals surface area (Å²) in [5.41, 5.74) is 0. The summed E-state index contributed by atoms with van der Waals surface area (Å²) < 4.78 is 36.1. The van der Waals surface area contributed by atoms with Crippen LogP contribution in [0, 0.1) is 0 Å². The predicted octanol–water partition coefficient (Wildman–Crippen LogP) is 1.93. The fraction of sp³-hybridized carbons (Fsp3) is 0.909. The number of alkyl halides is 3. The monoisotopic (exact) mass is 252 g/mol. The highest BCUT2D eigenvalue weighted by Gasteiger charge is 2.34. The summed E-state index contributed by atoms with van der Waals surface area (Å²) >= 11 is 0. The van der Waals surface area contributed by atoms with Gasteiger partial charge < -0.3 is 10.2 Å². The van der Waals surface area contributed by atoms with Crippen LogP contribution in [0.1, 0.15) is 32.6 Å². The third-order valence-corrected chi connectivity index (χ3v) is 2.88. The van der Waals surface area contributed by atoms with Crippen molar-refractivity contribution in [2.75, 3.05) is 19.6 Å². The van der Waals surface area contributed by atoms with Crippen LogP contribution in [-0.4, -0.2) is 42.7 Å². The van der Waals surface area contributed by atoms with E-state index in [0.29, 0.717) is 19.1 Å². The number of nitrogens with one attached hydrogen (secondary N) is 1. The molecule has 100 valence electrons. The van der Waals surface area contributed by atoms with Crippen LogP contribution >= 0.6 is 0 Å². The van der Waals surface area contributed by atoms with Crippen molar-refractivity contribution < 1.29 is 18.0 Å². The van der Waals surface area contributed by atoms with Gasteiger partial charge in [0.15, 0.2) is 0 Å². The first-order valence-electron chi connectivity index (χ1n) is 6.00. The second-order valence-electron chi connectivity index (χ2n) is 4.40. The highest BCUT2D eigenvalue weighted by Crippen LogP contribution is 2.22. The average Bonchev–Trinajstić information content (AvgIpc) is 2.24. The molecule has 1 heterocycles. The number of halogens is 3. The van der Waals surface area contributed by atoms with Crippen molar-refractivity contribution in [3.05, 3.63) is 0 Å². The molecule has 0 aromatic carbocycles. The van der Waals surface area contributed by atoms with Gasteiger partial charge in [0.05, 0.1) is 0 Å². The Morgan fingerprint density at radius 2 is 1.94 bits per heavy atom. The lowest BCUT2D eigenvalue weighted by atomic mass is 10.0. The highest BCUT2D eigenvalue weighted by molar-refractivity contribution is 5.76. The Labute approximate surface area is 99.4 Å². The molecule has 0 aromatic rings. The Kier molecular flexibility index (Phi) is 5.24. The molecular formula is C11H19F3N2O. The molecule has 1 aliphatic rings. The summed E-state index contributed by atoms with van der Waals surface area (Å²) in [5.74, 6) is -0.800. The number of amides is 1. The van der Waals surface area contributed by atoms with Crippen LogP contribution in [0.3, 0.4) is 0 Å². The molecule has 0 radical (unpaired) electrons. The van der Waals surface area contributed by atoms with Gasteiger partial charge in [-0.15, -0.1) is 0 Å². The van der Waals surface area contributed by atoms with E-state index >= 15 is 0 Å². The highest BCUT2D eigenvalue weighted by atomic mass is 19.4. The maximum Gasteiger partial charge on any atom is 0.397 e. The van der Waals surface area contributed by atoms with Crippen molar-refractivity contribution in [3.63, 3.8) is 0 Å². The molecule has 1 aliphatic heterocycles. The van der Waals surface area contributed by atoms with Crippen molar-refractivity contribution >= 4 is 5.91 Å². The molecule has 17 heavy (non-hydrogen) atoms. The minimum atomic E-state index is -4.39. The lowest BCUT2D eigenvalue weighted by Crippen LogP contribution is -2.45. The summed E-state index contributed by atoms with van der Waals surface area (Å²) in [6, 6.07) is 0.338. The van der Waals surface area contributed by atoms with E-state index in [1.165, 1.54) is 4.90 Å². The van der Waals surface area contributed by atoms with E-state index in [1.54, 1.807) is 0 Å². The zero-order valence-corrected chi connectivity index (χ0v) is 10.0. The van der Waals surface area contributed by atoms with Crippen molar-refractivity contribution in [1.29, 1.82) is 0 Å². The van der Waals surface area contributed by atoms with Crippen molar-refractivity contribution in [1.82, 2.24) is 10.2 Å². The molecule has 1 fully saturated rings. The Bertz CT molecular complexity index is 248. The zero-order valence-electron chi connectivity index (χ0n) is 10.0. The topological polar surface area (TPSA) is 32.3 Å². The lowest BCUT2D eigenvalue weighted by molar-refractivity contribution is -0.162. The van der Waals surface area contributed by atoms with E-state index in [2.05, 4.69) is 12.2 Å². The van der Waals surface area contributed by atoms with Gasteiger partial charge >= 0.3 is 6.18 Å². The molecule has 0 spiro atoms. The van der Waals surface area contributed by atoms with E-state index in [-0.39, 0.29) is 0 Å². The third kappa shape index (κ3) is 5.39. The Morgan fingerprint density at radius 3 is 2.41 bits per heavy atom. The first-order valence-corrected chi connectivity index (χ1v) is 6.00. The molecule has 6 heteroatoms. The van der Waals surface area contributed by atoms with Gasteiger partial charge in [-0.05, 0) is 25.8 Å². The van der Waals surface area contributed by atoms with E-state index in [1.807, 2.05) is 0 Å². The summed E-state index contributed by atoms with van der Waals surface area (Å²) in [5, 5.41) is 3.32. The number of carbonyl (C=O) groups excluding carboxylic acids is 1.